The number of rotatable bonds is 8. The molecule has 1 aliphatic rings. The maximum Gasteiger partial charge on any atom is 0.237 e. The summed E-state index contributed by atoms with van der Waals surface area (Å²) < 4.78 is 0. The van der Waals surface area contributed by atoms with Crippen molar-refractivity contribution in [1.82, 2.24) is 20.4 Å². The molecule has 1 fully saturated rings. The largest absolute Gasteiger partial charge is 0.355 e. The number of hydrogen-bond donors (Lipinski definition) is 2. The Kier molecular flexibility index (Phi) is 8.54. The minimum atomic E-state index is -0.204. The number of hydrogen-bond acceptors (Lipinski definition) is 4. The van der Waals surface area contributed by atoms with Gasteiger partial charge in [0, 0.05) is 44.3 Å². The molecule has 0 aromatic heterocycles. The summed E-state index contributed by atoms with van der Waals surface area (Å²) in [6, 6.07) is 7.32. The first-order valence-corrected chi connectivity index (χ1v) is 9.99. The lowest BCUT2D eigenvalue weighted by molar-refractivity contribution is -0.128. The molecule has 1 unspecified atom stereocenters. The van der Waals surface area contributed by atoms with E-state index in [9.17, 15) is 9.59 Å². The van der Waals surface area contributed by atoms with Crippen LogP contribution in [0.1, 0.15) is 26.3 Å². The third-order valence-electron chi connectivity index (χ3n) is 4.82. The highest BCUT2D eigenvalue weighted by atomic mass is 35.5. The summed E-state index contributed by atoms with van der Waals surface area (Å²) >= 11 is 6.13. The molecule has 1 aromatic carbocycles. The van der Waals surface area contributed by atoms with Crippen LogP contribution in [0.3, 0.4) is 0 Å². The number of piperazine rings is 1. The van der Waals surface area contributed by atoms with Gasteiger partial charge in [-0.1, -0.05) is 43.6 Å². The average molecular weight is 395 g/mol. The van der Waals surface area contributed by atoms with Gasteiger partial charge in [0.2, 0.25) is 11.8 Å². The first-order valence-electron chi connectivity index (χ1n) is 9.61. The zero-order chi connectivity index (χ0) is 19.8. The van der Waals surface area contributed by atoms with Crippen LogP contribution in [-0.4, -0.2) is 66.9 Å². The lowest BCUT2D eigenvalue weighted by Crippen LogP contribution is -2.55. The van der Waals surface area contributed by atoms with Crippen LogP contribution in [0.2, 0.25) is 5.02 Å². The fraction of sp³-hybridized carbons (Fsp3) is 0.600. The zero-order valence-corrected chi connectivity index (χ0v) is 17.3. The Balaban J connectivity index is 1.72. The van der Waals surface area contributed by atoms with Crippen LogP contribution < -0.4 is 10.6 Å². The van der Waals surface area contributed by atoms with E-state index in [0.717, 1.165) is 31.7 Å². The Labute approximate surface area is 167 Å². The van der Waals surface area contributed by atoms with Crippen LogP contribution in [0.4, 0.5) is 0 Å². The summed E-state index contributed by atoms with van der Waals surface area (Å²) in [4.78, 5) is 28.7. The molecule has 1 aromatic rings. The summed E-state index contributed by atoms with van der Waals surface area (Å²) in [6.07, 6.45) is 0. The summed E-state index contributed by atoms with van der Waals surface area (Å²) in [5.74, 6) is 0.525. The summed E-state index contributed by atoms with van der Waals surface area (Å²) in [5.41, 5.74) is 0.914. The molecule has 150 valence electrons. The minimum Gasteiger partial charge on any atom is -0.355 e. The van der Waals surface area contributed by atoms with Gasteiger partial charge < -0.3 is 10.6 Å². The fourth-order valence-electron chi connectivity index (χ4n) is 3.02. The lowest BCUT2D eigenvalue weighted by Gasteiger charge is -2.37. The van der Waals surface area contributed by atoms with Gasteiger partial charge in [-0.25, -0.2) is 0 Å². The van der Waals surface area contributed by atoms with E-state index in [2.05, 4.69) is 34.3 Å². The van der Waals surface area contributed by atoms with Crippen LogP contribution in [-0.2, 0) is 16.1 Å². The van der Waals surface area contributed by atoms with Crippen molar-refractivity contribution in [2.24, 2.45) is 5.92 Å². The Hall–Kier alpha value is -1.63. The number of benzene rings is 1. The van der Waals surface area contributed by atoms with Crippen LogP contribution >= 0.6 is 11.6 Å². The third kappa shape index (κ3) is 7.13. The molecule has 2 N–H and O–H groups in total. The monoisotopic (exact) mass is 394 g/mol. The van der Waals surface area contributed by atoms with Gasteiger partial charge in [0.15, 0.2) is 0 Å². The maximum absolute atomic E-state index is 12.5. The van der Waals surface area contributed by atoms with Gasteiger partial charge in [-0.2, -0.15) is 0 Å². The second-order valence-electron chi connectivity index (χ2n) is 7.50. The molecule has 1 atom stereocenters. The van der Waals surface area contributed by atoms with Crippen LogP contribution in [0.25, 0.3) is 0 Å². The normalized spacial score (nSPS) is 16.9. The summed E-state index contributed by atoms with van der Waals surface area (Å²) in [6.45, 7) is 10.8. The number of nitrogens with zero attached hydrogens (tertiary/aromatic N) is 2. The van der Waals surface area contributed by atoms with Gasteiger partial charge in [-0.15, -0.1) is 0 Å². The molecule has 0 aliphatic carbocycles. The van der Waals surface area contributed by atoms with Crippen molar-refractivity contribution in [2.75, 3.05) is 39.3 Å². The first kappa shape index (κ1) is 21.7. The van der Waals surface area contributed by atoms with E-state index in [1.807, 2.05) is 31.2 Å². The zero-order valence-electron chi connectivity index (χ0n) is 16.5. The topological polar surface area (TPSA) is 64.7 Å². The lowest BCUT2D eigenvalue weighted by atomic mass is 10.2. The highest BCUT2D eigenvalue weighted by molar-refractivity contribution is 6.31. The molecule has 27 heavy (non-hydrogen) atoms. The quantitative estimate of drug-likeness (QED) is 0.704. The molecule has 2 amide bonds. The highest BCUT2D eigenvalue weighted by Gasteiger charge is 2.26. The molecule has 7 heteroatoms. The predicted molar refractivity (Wildman–Crippen MR) is 109 cm³/mol. The molecular formula is C20H31ClN4O2. The van der Waals surface area contributed by atoms with Crippen molar-refractivity contribution < 1.29 is 9.59 Å². The van der Waals surface area contributed by atoms with Gasteiger partial charge in [0.25, 0.3) is 0 Å². The van der Waals surface area contributed by atoms with Gasteiger partial charge in [0.1, 0.15) is 0 Å². The number of carbonyl (C=O) groups is 2. The van der Waals surface area contributed by atoms with E-state index in [1.54, 1.807) is 0 Å². The van der Waals surface area contributed by atoms with E-state index in [4.69, 9.17) is 11.6 Å². The van der Waals surface area contributed by atoms with E-state index in [1.165, 1.54) is 0 Å². The molecular weight excluding hydrogens is 364 g/mol. The number of nitrogens with one attached hydrogen (secondary N) is 2. The van der Waals surface area contributed by atoms with Crippen molar-refractivity contribution in [3.8, 4) is 0 Å². The minimum absolute atomic E-state index is 0.00181. The van der Waals surface area contributed by atoms with E-state index < -0.39 is 0 Å². The van der Waals surface area contributed by atoms with E-state index in [0.29, 0.717) is 30.6 Å². The Morgan fingerprint density at radius 3 is 2.37 bits per heavy atom. The van der Waals surface area contributed by atoms with Gasteiger partial charge in [-0.05, 0) is 24.5 Å². The van der Waals surface area contributed by atoms with Crippen LogP contribution in [0, 0.1) is 5.92 Å². The van der Waals surface area contributed by atoms with Crippen molar-refractivity contribution >= 4 is 23.4 Å². The van der Waals surface area contributed by atoms with E-state index >= 15 is 0 Å². The second kappa shape index (κ2) is 10.6. The standard InChI is InChI=1S/C20H31ClN4O2/c1-15(2)12-22-19(26)14-24-8-10-25(11-9-24)16(3)20(27)23-13-17-6-4-5-7-18(17)21/h4-7,15-16H,8-14H2,1-3H3,(H,22,26)(H,23,27). The number of amides is 2. The Bertz CT molecular complexity index is 630. The molecule has 0 saturated carbocycles. The second-order valence-corrected chi connectivity index (χ2v) is 7.90. The maximum atomic E-state index is 12.5. The SMILES string of the molecule is CC(C)CNC(=O)CN1CCN(C(C)C(=O)NCc2ccccc2Cl)CC1. The van der Waals surface area contributed by atoms with Crippen LogP contribution in [0.5, 0.6) is 0 Å². The van der Waals surface area contributed by atoms with Crippen molar-refractivity contribution in [1.29, 1.82) is 0 Å². The number of halogens is 1. The Morgan fingerprint density at radius 1 is 1.07 bits per heavy atom. The Morgan fingerprint density at radius 2 is 1.74 bits per heavy atom. The predicted octanol–water partition coefficient (Wildman–Crippen LogP) is 1.73. The van der Waals surface area contributed by atoms with Crippen molar-refractivity contribution in [3.63, 3.8) is 0 Å². The molecule has 2 rings (SSSR count). The smallest absolute Gasteiger partial charge is 0.237 e. The van der Waals surface area contributed by atoms with Gasteiger partial charge in [0.05, 0.1) is 12.6 Å². The fourth-order valence-corrected chi connectivity index (χ4v) is 3.23. The molecule has 1 heterocycles. The molecule has 0 spiro atoms. The van der Waals surface area contributed by atoms with E-state index in [-0.39, 0.29) is 17.9 Å². The summed E-state index contributed by atoms with van der Waals surface area (Å²) in [7, 11) is 0. The van der Waals surface area contributed by atoms with Gasteiger partial charge >= 0.3 is 0 Å². The first-order chi connectivity index (χ1) is 12.9. The molecule has 1 aliphatic heterocycles. The molecule has 1 saturated heterocycles. The summed E-state index contributed by atoms with van der Waals surface area (Å²) in [5, 5.41) is 6.58. The third-order valence-corrected chi connectivity index (χ3v) is 5.19. The van der Waals surface area contributed by atoms with Crippen molar-refractivity contribution in [3.05, 3.63) is 34.9 Å². The molecule has 0 radical (unpaired) electrons. The van der Waals surface area contributed by atoms with Crippen molar-refractivity contribution in [2.45, 2.75) is 33.4 Å². The number of carbonyl (C=O) groups excluding carboxylic acids is 2. The molecule has 6 nitrogen and oxygen atoms in total. The van der Waals surface area contributed by atoms with Gasteiger partial charge in [-0.3, -0.25) is 19.4 Å². The average Bonchev–Trinajstić information content (AvgIpc) is 2.65. The highest BCUT2D eigenvalue weighted by Crippen LogP contribution is 2.14. The molecule has 0 bridgehead atoms. The van der Waals surface area contributed by atoms with Crippen LogP contribution in [0.15, 0.2) is 24.3 Å².